The molecule has 2 aromatic carbocycles. The van der Waals surface area contributed by atoms with Crippen LogP contribution in [0.3, 0.4) is 0 Å². The summed E-state index contributed by atoms with van der Waals surface area (Å²) in [6.45, 7) is 2.26. The summed E-state index contributed by atoms with van der Waals surface area (Å²) < 4.78 is 21.2. The second-order valence-electron chi connectivity index (χ2n) is 5.09. The maximum absolute atomic E-state index is 11.8. The lowest BCUT2D eigenvalue weighted by molar-refractivity contribution is -0.123. The van der Waals surface area contributed by atoms with Crippen molar-refractivity contribution in [2.75, 3.05) is 27.4 Å². The molecule has 0 spiro atoms. The summed E-state index contributed by atoms with van der Waals surface area (Å²) in [6, 6.07) is 12.3. The van der Waals surface area contributed by atoms with E-state index >= 15 is 0 Å². The number of hydrogen-bond acceptors (Lipinski definition) is 6. The van der Waals surface area contributed by atoms with Crippen LogP contribution in [0.15, 0.2) is 47.6 Å². The number of ether oxygens (including phenoxy) is 4. The van der Waals surface area contributed by atoms with Gasteiger partial charge in [0.1, 0.15) is 23.0 Å². The van der Waals surface area contributed by atoms with Crippen LogP contribution in [0.1, 0.15) is 12.5 Å². The Hall–Kier alpha value is -3.22. The topological polar surface area (TPSA) is 78.4 Å². The summed E-state index contributed by atoms with van der Waals surface area (Å²) in [6.07, 6.45) is 1.50. The second kappa shape index (κ2) is 9.93. The third-order valence-electron chi connectivity index (χ3n) is 3.34. The van der Waals surface area contributed by atoms with Crippen LogP contribution in [-0.4, -0.2) is 39.6 Å². The van der Waals surface area contributed by atoms with Crippen molar-refractivity contribution in [1.29, 1.82) is 0 Å². The van der Waals surface area contributed by atoms with Crippen molar-refractivity contribution in [3.8, 4) is 23.0 Å². The molecule has 0 aliphatic rings. The maximum atomic E-state index is 11.8. The highest BCUT2D eigenvalue weighted by Gasteiger charge is 2.05. The lowest BCUT2D eigenvalue weighted by Gasteiger charge is -2.09. The van der Waals surface area contributed by atoms with Crippen LogP contribution in [0.2, 0.25) is 0 Å². The minimum atomic E-state index is -0.377. The summed E-state index contributed by atoms with van der Waals surface area (Å²) in [5, 5.41) is 3.94. The van der Waals surface area contributed by atoms with E-state index in [1.54, 1.807) is 56.7 Å². The van der Waals surface area contributed by atoms with Crippen molar-refractivity contribution in [3.63, 3.8) is 0 Å². The van der Waals surface area contributed by atoms with Gasteiger partial charge in [0.05, 0.1) is 27.0 Å². The third kappa shape index (κ3) is 5.70. The fraction of sp³-hybridized carbons (Fsp3) is 0.263. The third-order valence-corrected chi connectivity index (χ3v) is 3.34. The number of carbonyl (C=O) groups is 1. The Morgan fingerprint density at radius 2 is 1.65 bits per heavy atom. The highest BCUT2D eigenvalue weighted by Crippen LogP contribution is 2.22. The van der Waals surface area contributed by atoms with Crippen LogP contribution in [0, 0.1) is 0 Å². The van der Waals surface area contributed by atoms with E-state index in [1.807, 2.05) is 6.92 Å². The van der Waals surface area contributed by atoms with Crippen LogP contribution < -0.4 is 24.4 Å². The molecule has 1 N–H and O–H groups in total. The van der Waals surface area contributed by atoms with Gasteiger partial charge in [-0.05, 0) is 49.4 Å². The molecule has 0 saturated carbocycles. The summed E-state index contributed by atoms with van der Waals surface area (Å²) in [5.74, 6) is 2.23. The van der Waals surface area contributed by atoms with E-state index in [0.29, 0.717) is 29.4 Å². The van der Waals surface area contributed by atoms with E-state index in [9.17, 15) is 4.79 Å². The van der Waals surface area contributed by atoms with Gasteiger partial charge in [0, 0.05) is 5.56 Å². The molecule has 1 amide bonds. The van der Waals surface area contributed by atoms with Crippen LogP contribution in [0.4, 0.5) is 0 Å². The van der Waals surface area contributed by atoms with Crippen molar-refractivity contribution in [3.05, 3.63) is 48.0 Å². The molecule has 7 heteroatoms. The van der Waals surface area contributed by atoms with Crippen LogP contribution in [0.5, 0.6) is 23.0 Å². The maximum Gasteiger partial charge on any atom is 0.277 e. The number of nitrogens with one attached hydrogen (secondary N) is 1. The molecule has 0 radical (unpaired) electrons. The zero-order valence-electron chi connectivity index (χ0n) is 15.0. The molecule has 0 unspecified atom stereocenters. The van der Waals surface area contributed by atoms with Gasteiger partial charge in [0.25, 0.3) is 5.91 Å². The SMILES string of the molecule is CCOc1ccc(OC)cc1C=NNC(=O)COc1ccc(OC)cc1. The molecule has 138 valence electrons. The Kier molecular flexibility index (Phi) is 7.30. The molecule has 0 atom stereocenters. The number of carbonyl (C=O) groups excluding carboxylic acids is 1. The number of hydrazone groups is 1. The molecule has 0 heterocycles. The highest BCUT2D eigenvalue weighted by molar-refractivity contribution is 5.86. The molecule has 0 bridgehead atoms. The minimum absolute atomic E-state index is 0.153. The van der Waals surface area contributed by atoms with Gasteiger partial charge >= 0.3 is 0 Å². The zero-order valence-corrected chi connectivity index (χ0v) is 15.0. The lowest BCUT2D eigenvalue weighted by atomic mass is 10.2. The summed E-state index contributed by atoms with van der Waals surface area (Å²) in [5.41, 5.74) is 3.11. The van der Waals surface area contributed by atoms with Gasteiger partial charge in [0.15, 0.2) is 6.61 Å². The Balaban J connectivity index is 1.89. The fourth-order valence-electron chi connectivity index (χ4n) is 2.07. The Morgan fingerprint density at radius 3 is 2.31 bits per heavy atom. The average molecular weight is 358 g/mol. The monoisotopic (exact) mass is 358 g/mol. The molecule has 2 aromatic rings. The Morgan fingerprint density at radius 1 is 1.00 bits per heavy atom. The molecule has 26 heavy (non-hydrogen) atoms. The van der Waals surface area contributed by atoms with Crippen molar-refractivity contribution in [2.24, 2.45) is 5.10 Å². The predicted molar refractivity (Wildman–Crippen MR) is 98.4 cm³/mol. The zero-order chi connectivity index (χ0) is 18.8. The largest absolute Gasteiger partial charge is 0.497 e. The number of nitrogens with zero attached hydrogens (tertiary/aromatic N) is 1. The first-order chi connectivity index (χ1) is 12.7. The molecule has 0 aromatic heterocycles. The molecule has 2 rings (SSSR count). The number of benzene rings is 2. The van der Waals surface area contributed by atoms with Gasteiger partial charge < -0.3 is 18.9 Å². The van der Waals surface area contributed by atoms with E-state index in [1.165, 1.54) is 6.21 Å². The summed E-state index contributed by atoms with van der Waals surface area (Å²) in [7, 11) is 3.16. The summed E-state index contributed by atoms with van der Waals surface area (Å²) in [4.78, 5) is 11.8. The van der Waals surface area contributed by atoms with Gasteiger partial charge in [-0.2, -0.15) is 5.10 Å². The van der Waals surface area contributed by atoms with E-state index in [0.717, 1.165) is 5.75 Å². The van der Waals surface area contributed by atoms with Gasteiger partial charge in [0.2, 0.25) is 0 Å². The molecular weight excluding hydrogens is 336 g/mol. The number of amides is 1. The predicted octanol–water partition coefficient (Wildman–Crippen LogP) is 2.63. The first-order valence-corrected chi connectivity index (χ1v) is 8.06. The number of hydrogen-bond donors (Lipinski definition) is 1. The second-order valence-corrected chi connectivity index (χ2v) is 5.09. The van der Waals surface area contributed by atoms with Gasteiger partial charge in [-0.15, -0.1) is 0 Å². The van der Waals surface area contributed by atoms with Crippen LogP contribution in [0.25, 0.3) is 0 Å². The molecule has 0 saturated heterocycles. The lowest BCUT2D eigenvalue weighted by Crippen LogP contribution is -2.24. The van der Waals surface area contributed by atoms with E-state index in [-0.39, 0.29) is 12.5 Å². The number of rotatable bonds is 9. The molecule has 7 nitrogen and oxygen atoms in total. The summed E-state index contributed by atoms with van der Waals surface area (Å²) >= 11 is 0. The minimum Gasteiger partial charge on any atom is -0.497 e. The van der Waals surface area contributed by atoms with Crippen LogP contribution >= 0.6 is 0 Å². The fourth-order valence-corrected chi connectivity index (χ4v) is 2.07. The Bertz CT molecular complexity index is 744. The normalized spacial score (nSPS) is 10.4. The van der Waals surface area contributed by atoms with Crippen LogP contribution in [-0.2, 0) is 4.79 Å². The molecule has 0 fully saturated rings. The first kappa shape index (κ1) is 19.1. The van der Waals surface area contributed by atoms with Gasteiger partial charge in [-0.3, -0.25) is 4.79 Å². The van der Waals surface area contributed by atoms with Gasteiger partial charge in [-0.1, -0.05) is 0 Å². The van der Waals surface area contributed by atoms with Crippen molar-refractivity contribution >= 4 is 12.1 Å². The molecule has 0 aliphatic carbocycles. The molecule has 0 aliphatic heterocycles. The van der Waals surface area contributed by atoms with E-state index < -0.39 is 0 Å². The smallest absolute Gasteiger partial charge is 0.277 e. The van der Waals surface area contributed by atoms with E-state index in [4.69, 9.17) is 18.9 Å². The van der Waals surface area contributed by atoms with Crippen molar-refractivity contribution in [1.82, 2.24) is 5.43 Å². The first-order valence-electron chi connectivity index (χ1n) is 8.06. The highest BCUT2D eigenvalue weighted by atomic mass is 16.5. The van der Waals surface area contributed by atoms with Crippen molar-refractivity contribution < 1.29 is 23.7 Å². The van der Waals surface area contributed by atoms with Gasteiger partial charge in [-0.25, -0.2) is 5.43 Å². The average Bonchev–Trinajstić information content (AvgIpc) is 2.68. The van der Waals surface area contributed by atoms with Crippen molar-refractivity contribution in [2.45, 2.75) is 6.92 Å². The standard InChI is InChI=1S/C19H22N2O5/c1-4-25-18-10-9-17(24-3)11-14(18)12-20-21-19(22)13-26-16-7-5-15(23-2)6-8-16/h5-12H,4,13H2,1-3H3,(H,21,22). The quantitative estimate of drug-likeness (QED) is 0.551. The Labute approximate surface area is 152 Å². The molecular formula is C19H22N2O5. The van der Waals surface area contributed by atoms with E-state index in [2.05, 4.69) is 10.5 Å². The number of methoxy groups -OCH3 is 2.